The maximum Gasteiger partial charge on any atom is 0.195 e. The highest BCUT2D eigenvalue weighted by atomic mass is 79.9. The molecule has 20 heavy (non-hydrogen) atoms. The first kappa shape index (κ1) is 13.4. The largest absolute Gasteiger partial charge is 0.398 e. The third kappa shape index (κ3) is 2.27. The summed E-state index contributed by atoms with van der Waals surface area (Å²) in [6, 6.07) is 5.83. The number of nitrogen functional groups attached to an aromatic ring is 1. The molecule has 0 saturated carbocycles. The first-order valence-electron chi connectivity index (χ1n) is 5.94. The monoisotopic (exact) mass is 349 g/mol. The highest BCUT2D eigenvalue weighted by Gasteiger charge is 2.12. The molecule has 0 aliphatic heterocycles. The predicted molar refractivity (Wildman–Crippen MR) is 83.7 cm³/mol. The molecule has 1 aromatic carbocycles. The molecular weight excluding hydrogens is 338 g/mol. The molecule has 3 aromatic rings. The van der Waals surface area contributed by atoms with E-state index in [-0.39, 0.29) is 0 Å². The van der Waals surface area contributed by atoms with Gasteiger partial charge in [-0.15, -0.1) is 10.2 Å². The van der Waals surface area contributed by atoms with Crippen LogP contribution in [0.25, 0.3) is 10.9 Å². The van der Waals surface area contributed by atoms with Crippen LogP contribution in [-0.2, 0) is 7.05 Å². The van der Waals surface area contributed by atoms with Gasteiger partial charge in [0.2, 0.25) is 0 Å². The van der Waals surface area contributed by atoms with Crippen LogP contribution >= 0.6 is 27.7 Å². The number of nitrogens with zero attached hydrogens (tertiary/aromatic N) is 4. The molecule has 2 aromatic heterocycles. The van der Waals surface area contributed by atoms with Gasteiger partial charge in [-0.05, 0) is 52.8 Å². The summed E-state index contributed by atoms with van der Waals surface area (Å²) in [7, 11) is 1.95. The van der Waals surface area contributed by atoms with Gasteiger partial charge in [-0.1, -0.05) is 0 Å². The summed E-state index contributed by atoms with van der Waals surface area (Å²) >= 11 is 4.96. The maximum atomic E-state index is 6.02. The van der Waals surface area contributed by atoms with Gasteiger partial charge in [-0.3, -0.25) is 4.98 Å². The summed E-state index contributed by atoms with van der Waals surface area (Å²) in [6.45, 7) is 1.92. The van der Waals surface area contributed by atoms with Crippen molar-refractivity contribution in [3.05, 3.63) is 34.7 Å². The molecule has 0 saturated heterocycles. The molecule has 0 aliphatic carbocycles. The Labute approximate surface area is 128 Å². The number of nitrogens with two attached hydrogens (primary N) is 1. The second kappa shape index (κ2) is 5.06. The van der Waals surface area contributed by atoms with Crippen molar-refractivity contribution in [2.45, 2.75) is 17.0 Å². The Bertz CT molecular complexity index is 799. The number of fused-ring (bicyclic) bond motifs is 1. The van der Waals surface area contributed by atoms with Crippen molar-refractivity contribution in [2.75, 3.05) is 5.73 Å². The molecular formula is C13H12BrN5S. The van der Waals surface area contributed by atoms with E-state index < -0.39 is 0 Å². The van der Waals surface area contributed by atoms with Crippen molar-refractivity contribution in [2.24, 2.45) is 7.05 Å². The molecule has 0 unspecified atom stereocenters. The third-order valence-electron chi connectivity index (χ3n) is 3.07. The van der Waals surface area contributed by atoms with E-state index in [1.165, 1.54) is 11.8 Å². The zero-order valence-corrected chi connectivity index (χ0v) is 13.4. The molecule has 0 spiro atoms. The Morgan fingerprint density at radius 1 is 1.30 bits per heavy atom. The summed E-state index contributed by atoms with van der Waals surface area (Å²) < 4.78 is 2.86. The summed E-state index contributed by atoms with van der Waals surface area (Å²) in [6.07, 6.45) is 1.77. The van der Waals surface area contributed by atoms with Crippen LogP contribution in [0.3, 0.4) is 0 Å². The van der Waals surface area contributed by atoms with Crippen LogP contribution in [-0.4, -0.2) is 19.7 Å². The number of pyridine rings is 1. The van der Waals surface area contributed by atoms with Crippen LogP contribution in [0, 0.1) is 6.92 Å². The molecule has 7 heteroatoms. The first-order chi connectivity index (χ1) is 9.56. The van der Waals surface area contributed by atoms with E-state index in [9.17, 15) is 0 Å². The molecule has 0 aliphatic rings. The van der Waals surface area contributed by atoms with Crippen molar-refractivity contribution in [3.8, 4) is 0 Å². The zero-order valence-electron chi connectivity index (χ0n) is 11.0. The van der Waals surface area contributed by atoms with E-state index in [1.807, 2.05) is 36.7 Å². The Morgan fingerprint density at radius 2 is 2.10 bits per heavy atom. The van der Waals surface area contributed by atoms with Gasteiger partial charge in [-0.25, -0.2) is 0 Å². The molecule has 102 valence electrons. The lowest BCUT2D eigenvalue weighted by Gasteiger charge is -2.07. The van der Waals surface area contributed by atoms with Crippen molar-refractivity contribution < 1.29 is 0 Å². The number of rotatable bonds is 2. The fourth-order valence-electron chi connectivity index (χ4n) is 1.85. The SMILES string of the molecule is Cc1nnc(Sc2ccc(N)c3cc(Br)cnc23)n1C. The van der Waals surface area contributed by atoms with Gasteiger partial charge < -0.3 is 10.3 Å². The Morgan fingerprint density at radius 3 is 2.80 bits per heavy atom. The highest BCUT2D eigenvalue weighted by Crippen LogP contribution is 2.34. The Hall–Kier alpha value is -1.60. The number of anilines is 1. The number of aryl methyl sites for hydroxylation is 1. The van der Waals surface area contributed by atoms with E-state index in [0.29, 0.717) is 5.69 Å². The molecule has 0 fully saturated rings. The lowest BCUT2D eigenvalue weighted by Crippen LogP contribution is -1.95. The predicted octanol–water partition coefficient (Wildman–Crippen LogP) is 3.17. The van der Waals surface area contributed by atoms with Crippen LogP contribution in [0.4, 0.5) is 5.69 Å². The summed E-state index contributed by atoms with van der Waals surface area (Å²) in [5.41, 5.74) is 7.61. The fraction of sp³-hybridized carbons (Fsp3) is 0.154. The van der Waals surface area contributed by atoms with Gasteiger partial charge in [-0.2, -0.15) is 0 Å². The molecule has 0 amide bonds. The summed E-state index contributed by atoms with van der Waals surface area (Å²) in [4.78, 5) is 5.48. The van der Waals surface area contributed by atoms with E-state index in [4.69, 9.17) is 5.73 Å². The van der Waals surface area contributed by atoms with Crippen LogP contribution < -0.4 is 5.73 Å². The number of benzene rings is 1. The lowest BCUT2D eigenvalue weighted by molar-refractivity contribution is 0.766. The minimum absolute atomic E-state index is 0.715. The van der Waals surface area contributed by atoms with Gasteiger partial charge in [0.1, 0.15) is 5.82 Å². The van der Waals surface area contributed by atoms with Crippen molar-refractivity contribution in [3.63, 3.8) is 0 Å². The summed E-state index contributed by atoms with van der Waals surface area (Å²) in [5, 5.41) is 9.99. The smallest absolute Gasteiger partial charge is 0.195 e. The standard InChI is InChI=1S/C13H12BrN5S/c1-7-17-18-13(19(7)2)20-11-4-3-10(15)9-5-8(14)6-16-12(9)11/h3-6H,15H2,1-2H3. The zero-order chi connectivity index (χ0) is 14.3. The summed E-state index contributed by atoms with van der Waals surface area (Å²) in [5.74, 6) is 0.878. The van der Waals surface area contributed by atoms with E-state index in [0.717, 1.165) is 31.3 Å². The lowest BCUT2D eigenvalue weighted by atomic mass is 10.2. The van der Waals surface area contributed by atoms with E-state index >= 15 is 0 Å². The second-order valence-electron chi connectivity index (χ2n) is 4.39. The van der Waals surface area contributed by atoms with Crippen LogP contribution in [0.2, 0.25) is 0 Å². The minimum Gasteiger partial charge on any atom is -0.398 e. The molecule has 2 N–H and O–H groups in total. The van der Waals surface area contributed by atoms with Crippen molar-refractivity contribution in [1.29, 1.82) is 0 Å². The molecule has 0 bridgehead atoms. The number of halogens is 1. The van der Waals surface area contributed by atoms with Crippen molar-refractivity contribution >= 4 is 44.3 Å². The molecule has 5 nitrogen and oxygen atoms in total. The fourth-order valence-corrected chi connectivity index (χ4v) is 3.12. The van der Waals surface area contributed by atoms with Crippen LogP contribution in [0.15, 0.2) is 38.9 Å². The van der Waals surface area contributed by atoms with Gasteiger partial charge in [0, 0.05) is 33.7 Å². The van der Waals surface area contributed by atoms with Crippen LogP contribution in [0.1, 0.15) is 5.82 Å². The molecule has 0 radical (unpaired) electrons. The Kier molecular flexibility index (Phi) is 3.39. The average Bonchev–Trinajstić information content (AvgIpc) is 2.74. The minimum atomic E-state index is 0.715. The average molecular weight is 350 g/mol. The van der Waals surface area contributed by atoms with E-state index in [2.05, 4.69) is 31.1 Å². The van der Waals surface area contributed by atoms with Crippen molar-refractivity contribution in [1.82, 2.24) is 19.7 Å². The van der Waals surface area contributed by atoms with Gasteiger partial charge in [0.25, 0.3) is 0 Å². The number of hydrogen-bond donors (Lipinski definition) is 1. The number of aromatic nitrogens is 4. The first-order valence-corrected chi connectivity index (χ1v) is 7.55. The number of hydrogen-bond acceptors (Lipinski definition) is 5. The van der Waals surface area contributed by atoms with Gasteiger partial charge in [0.15, 0.2) is 5.16 Å². The van der Waals surface area contributed by atoms with Gasteiger partial charge in [0.05, 0.1) is 5.52 Å². The third-order valence-corrected chi connectivity index (χ3v) is 4.59. The maximum absolute atomic E-state index is 6.02. The van der Waals surface area contributed by atoms with Crippen LogP contribution in [0.5, 0.6) is 0 Å². The molecule has 2 heterocycles. The quantitative estimate of drug-likeness (QED) is 0.719. The Balaban J connectivity index is 2.13. The van der Waals surface area contributed by atoms with E-state index in [1.54, 1.807) is 6.20 Å². The molecule has 3 rings (SSSR count). The van der Waals surface area contributed by atoms with Gasteiger partial charge >= 0.3 is 0 Å². The topological polar surface area (TPSA) is 69.6 Å². The highest BCUT2D eigenvalue weighted by molar-refractivity contribution is 9.10. The molecule has 0 atom stereocenters. The normalized spacial score (nSPS) is 11.2. The second-order valence-corrected chi connectivity index (χ2v) is 6.32.